The fraction of sp³-hybridized carbons (Fsp3) is 0.111. The van der Waals surface area contributed by atoms with Gasteiger partial charge in [-0.1, -0.05) is 0 Å². The van der Waals surface area contributed by atoms with E-state index in [2.05, 4.69) is 0 Å². The van der Waals surface area contributed by atoms with Crippen molar-refractivity contribution in [2.75, 3.05) is 17.3 Å². The van der Waals surface area contributed by atoms with E-state index in [0.717, 1.165) is 0 Å². The summed E-state index contributed by atoms with van der Waals surface area (Å²) in [4.78, 5) is 11.3. The van der Waals surface area contributed by atoms with E-state index in [-0.39, 0.29) is 28.4 Å². The van der Waals surface area contributed by atoms with Gasteiger partial charge in [-0.2, -0.15) is 5.26 Å². The molecule has 0 saturated carbocycles. The Kier molecular flexibility index (Phi) is 2.95. The average molecular weight is 210 g/mol. The Labute approximate surface area is 86.1 Å². The Morgan fingerprint density at radius 1 is 1.50 bits per heavy atom. The molecule has 4 nitrogen and oxygen atoms in total. The van der Waals surface area contributed by atoms with Gasteiger partial charge in [-0.3, -0.25) is 4.79 Å². The summed E-state index contributed by atoms with van der Waals surface area (Å²) in [5, 5.41) is 8.74. The Bertz CT molecular complexity index is 423. The van der Waals surface area contributed by atoms with Crippen molar-refractivity contribution < 1.29 is 4.79 Å². The van der Waals surface area contributed by atoms with Crippen LogP contribution in [0.1, 0.15) is 15.9 Å². The predicted molar refractivity (Wildman–Crippen MR) is 55.0 cm³/mol. The first-order chi connectivity index (χ1) is 6.61. The minimum Gasteiger partial charge on any atom is -0.397 e. The third kappa shape index (κ3) is 1.63. The Morgan fingerprint density at radius 2 is 2.14 bits per heavy atom. The van der Waals surface area contributed by atoms with Gasteiger partial charge in [0.2, 0.25) is 0 Å². The number of benzene rings is 1. The molecule has 1 rings (SSSR count). The maximum atomic E-state index is 11.3. The van der Waals surface area contributed by atoms with E-state index in [4.69, 9.17) is 28.3 Å². The summed E-state index contributed by atoms with van der Waals surface area (Å²) >= 11 is 5.38. The number of ketones is 1. The van der Waals surface area contributed by atoms with E-state index in [9.17, 15) is 4.79 Å². The van der Waals surface area contributed by atoms with Crippen molar-refractivity contribution in [3.05, 3.63) is 23.3 Å². The Hall–Kier alpha value is -1.73. The minimum absolute atomic E-state index is 0.113. The lowest BCUT2D eigenvalue weighted by Crippen LogP contribution is -2.09. The number of halogens is 1. The van der Waals surface area contributed by atoms with E-state index < -0.39 is 5.78 Å². The molecule has 5 heteroatoms. The highest BCUT2D eigenvalue weighted by molar-refractivity contribution is 6.31. The average Bonchev–Trinajstić information content (AvgIpc) is 2.20. The van der Waals surface area contributed by atoms with E-state index in [1.165, 1.54) is 12.1 Å². The fourth-order valence-corrected chi connectivity index (χ4v) is 1.23. The van der Waals surface area contributed by atoms with E-state index in [0.29, 0.717) is 0 Å². The number of carbonyl (C=O) groups excluding carboxylic acids is 1. The maximum Gasteiger partial charge on any atom is 0.181 e. The lowest BCUT2D eigenvalue weighted by molar-refractivity contribution is 0.102. The van der Waals surface area contributed by atoms with Crippen LogP contribution in [0.25, 0.3) is 0 Å². The number of nitrogens with zero attached hydrogens (tertiary/aromatic N) is 1. The summed E-state index contributed by atoms with van der Waals surface area (Å²) in [6.45, 7) is 0. The van der Waals surface area contributed by atoms with Crippen LogP contribution < -0.4 is 11.5 Å². The van der Waals surface area contributed by atoms with Gasteiger partial charge in [-0.25, -0.2) is 0 Å². The number of alkyl halides is 1. The van der Waals surface area contributed by atoms with Crippen LogP contribution in [0, 0.1) is 11.3 Å². The first kappa shape index (κ1) is 10.4. The Morgan fingerprint density at radius 3 is 2.64 bits per heavy atom. The summed E-state index contributed by atoms with van der Waals surface area (Å²) in [7, 11) is 0. The molecule has 0 unspecified atom stereocenters. The van der Waals surface area contributed by atoms with Crippen molar-refractivity contribution in [2.45, 2.75) is 0 Å². The molecule has 0 saturated heterocycles. The molecule has 0 bridgehead atoms. The maximum absolute atomic E-state index is 11.3. The van der Waals surface area contributed by atoms with Gasteiger partial charge in [0, 0.05) is 0 Å². The summed E-state index contributed by atoms with van der Waals surface area (Å²) in [5.41, 5.74) is 11.8. The third-order valence-electron chi connectivity index (χ3n) is 1.80. The minimum atomic E-state index is -0.395. The van der Waals surface area contributed by atoms with Crippen molar-refractivity contribution in [1.82, 2.24) is 0 Å². The van der Waals surface area contributed by atoms with Crippen molar-refractivity contribution in [3.8, 4) is 6.07 Å². The highest BCUT2D eigenvalue weighted by Crippen LogP contribution is 2.24. The molecular weight excluding hydrogens is 202 g/mol. The number of carbonyl (C=O) groups is 1. The van der Waals surface area contributed by atoms with Gasteiger partial charge in [0.1, 0.15) is 0 Å². The lowest BCUT2D eigenvalue weighted by atomic mass is 10.0. The van der Waals surface area contributed by atoms with E-state index >= 15 is 0 Å². The molecule has 0 amide bonds. The van der Waals surface area contributed by atoms with Crippen LogP contribution in [0.15, 0.2) is 12.1 Å². The van der Waals surface area contributed by atoms with Gasteiger partial charge >= 0.3 is 0 Å². The predicted octanol–water partition coefficient (Wildman–Crippen LogP) is 1.14. The zero-order valence-corrected chi connectivity index (χ0v) is 8.01. The number of nitriles is 1. The van der Waals surface area contributed by atoms with Crippen LogP contribution >= 0.6 is 11.6 Å². The zero-order chi connectivity index (χ0) is 10.7. The van der Waals surface area contributed by atoms with E-state index in [1.54, 1.807) is 0 Å². The number of hydrogen-bond donors (Lipinski definition) is 2. The number of anilines is 2. The molecule has 0 aliphatic carbocycles. The number of nitrogen functional groups attached to an aromatic ring is 2. The molecule has 0 radical (unpaired) electrons. The van der Waals surface area contributed by atoms with Gasteiger partial charge in [-0.05, 0) is 12.1 Å². The molecule has 14 heavy (non-hydrogen) atoms. The molecule has 0 aromatic heterocycles. The molecule has 0 fully saturated rings. The fourth-order valence-electron chi connectivity index (χ4n) is 1.10. The van der Waals surface area contributed by atoms with Gasteiger partial charge in [0.05, 0.1) is 34.5 Å². The summed E-state index contributed by atoms with van der Waals surface area (Å²) in [5.74, 6) is -0.615. The van der Waals surface area contributed by atoms with Crippen LogP contribution in [0.3, 0.4) is 0 Å². The van der Waals surface area contributed by atoms with E-state index in [1.807, 2.05) is 6.07 Å². The number of hydrogen-bond acceptors (Lipinski definition) is 4. The molecule has 4 N–H and O–H groups in total. The molecule has 0 atom stereocenters. The zero-order valence-electron chi connectivity index (χ0n) is 7.25. The highest BCUT2D eigenvalue weighted by Gasteiger charge is 2.15. The smallest absolute Gasteiger partial charge is 0.181 e. The quantitative estimate of drug-likeness (QED) is 0.434. The van der Waals surface area contributed by atoms with Crippen molar-refractivity contribution >= 4 is 28.8 Å². The van der Waals surface area contributed by atoms with Crippen LogP contribution in [0.5, 0.6) is 0 Å². The standard InChI is InChI=1S/C9H8ClN3O/c10-3-7(14)8-5(4-11)1-2-6(12)9(8)13/h1-2H,3,12-13H2. The summed E-state index contributed by atoms with van der Waals surface area (Å²) in [6.07, 6.45) is 0. The van der Waals surface area contributed by atoms with Crippen LogP contribution in [0.4, 0.5) is 11.4 Å². The number of nitrogens with two attached hydrogens (primary N) is 2. The van der Waals surface area contributed by atoms with Crippen molar-refractivity contribution in [1.29, 1.82) is 5.26 Å². The van der Waals surface area contributed by atoms with Crippen LogP contribution in [-0.2, 0) is 0 Å². The van der Waals surface area contributed by atoms with Crippen LogP contribution in [0.2, 0.25) is 0 Å². The molecule has 1 aromatic rings. The second-order valence-corrected chi connectivity index (χ2v) is 2.93. The highest BCUT2D eigenvalue weighted by atomic mass is 35.5. The van der Waals surface area contributed by atoms with Gasteiger partial charge in [0.25, 0.3) is 0 Å². The second-order valence-electron chi connectivity index (χ2n) is 2.66. The molecule has 0 aliphatic rings. The molecule has 1 aromatic carbocycles. The van der Waals surface area contributed by atoms with Gasteiger partial charge in [-0.15, -0.1) is 11.6 Å². The third-order valence-corrected chi connectivity index (χ3v) is 2.04. The first-order valence-corrected chi connectivity index (χ1v) is 4.32. The van der Waals surface area contributed by atoms with Crippen LogP contribution in [-0.4, -0.2) is 11.7 Å². The van der Waals surface area contributed by atoms with Crippen molar-refractivity contribution in [2.24, 2.45) is 0 Å². The van der Waals surface area contributed by atoms with Crippen molar-refractivity contribution in [3.63, 3.8) is 0 Å². The lowest BCUT2D eigenvalue weighted by Gasteiger charge is -2.07. The first-order valence-electron chi connectivity index (χ1n) is 3.79. The SMILES string of the molecule is N#Cc1ccc(N)c(N)c1C(=O)CCl. The molecule has 0 aliphatic heterocycles. The summed E-state index contributed by atoms with van der Waals surface area (Å²) < 4.78 is 0. The van der Waals surface area contributed by atoms with Gasteiger partial charge in [0.15, 0.2) is 5.78 Å². The Balaban J connectivity index is 3.45. The monoisotopic (exact) mass is 209 g/mol. The van der Waals surface area contributed by atoms with Gasteiger partial charge < -0.3 is 11.5 Å². The second kappa shape index (κ2) is 3.99. The molecule has 0 heterocycles. The molecule has 0 spiro atoms. The molecular formula is C9H8ClN3O. The number of rotatable bonds is 2. The summed E-state index contributed by atoms with van der Waals surface area (Å²) in [6, 6.07) is 4.80. The molecule has 72 valence electrons. The normalized spacial score (nSPS) is 9.43. The number of Topliss-reactive ketones (excluding diaryl/α,β-unsaturated/α-hetero) is 1. The topological polar surface area (TPSA) is 92.9 Å². The largest absolute Gasteiger partial charge is 0.397 e.